The molecule has 0 aliphatic carbocycles. The van der Waals surface area contributed by atoms with Gasteiger partial charge < -0.3 is 4.90 Å². The number of rotatable bonds is 3. The van der Waals surface area contributed by atoms with Crippen LogP contribution in [0.25, 0.3) is 0 Å². The first-order valence-corrected chi connectivity index (χ1v) is 5.85. The summed E-state index contributed by atoms with van der Waals surface area (Å²) in [5.74, 6) is -0.375. The third kappa shape index (κ3) is 2.40. The molecule has 0 aromatic heterocycles. The van der Waals surface area contributed by atoms with Gasteiger partial charge in [-0.2, -0.15) is 5.26 Å². The van der Waals surface area contributed by atoms with Crippen LogP contribution in [0.5, 0.6) is 0 Å². The maximum Gasteiger partial charge on any atom is 0.124 e. The summed E-state index contributed by atoms with van der Waals surface area (Å²) in [5.41, 5.74) is 1.27. The second kappa shape index (κ2) is 5.46. The first-order chi connectivity index (χ1) is 8.76. The SMILES string of the molecule is C=CN=CN1CCCC1c1ccc(F)cc1C#N. The molecule has 1 fully saturated rings. The maximum absolute atomic E-state index is 13.1. The Hall–Kier alpha value is -2.15. The first kappa shape index (κ1) is 12.3. The fraction of sp³-hybridized carbons (Fsp3) is 0.286. The summed E-state index contributed by atoms with van der Waals surface area (Å²) in [7, 11) is 0. The Morgan fingerprint density at radius 1 is 1.56 bits per heavy atom. The van der Waals surface area contributed by atoms with Crippen LogP contribution in [0.15, 0.2) is 36.0 Å². The van der Waals surface area contributed by atoms with Crippen LogP contribution in [0.4, 0.5) is 4.39 Å². The summed E-state index contributed by atoms with van der Waals surface area (Å²) >= 11 is 0. The van der Waals surface area contributed by atoms with Gasteiger partial charge in [0.2, 0.25) is 0 Å². The van der Waals surface area contributed by atoms with Crippen molar-refractivity contribution in [1.82, 2.24) is 4.90 Å². The molecule has 1 heterocycles. The minimum absolute atomic E-state index is 0.101. The molecule has 18 heavy (non-hydrogen) atoms. The molecular weight excluding hydrogens is 229 g/mol. The number of benzene rings is 1. The van der Waals surface area contributed by atoms with Gasteiger partial charge in [-0.3, -0.25) is 0 Å². The number of nitrogens with zero attached hydrogens (tertiary/aromatic N) is 3. The van der Waals surface area contributed by atoms with E-state index in [-0.39, 0.29) is 11.9 Å². The highest BCUT2D eigenvalue weighted by Gasteiger charge is 2.26. The third-order valence-corrected chi connectivity index (χ3v) is 3.11. The van der Waals surface area contributed by atoms with Crippen molar-refractivity contribution >= 4 is 6.34 Å². The van der Waals surface area contributed by atoms with E-state index in [1.54, 1.807) is 12.4 Å². The van der Waals surface area contributed by atoms with Gasteiger partial charge in [-0.25, -0.2) is 9.38 Å². The van der Waals surface area contributed by atoms with E-state index >= 15 is 0 Å². The molecule has 0 spiro atoms. The molecule has 1 aliphatic rings. The fourth-order valence-electron chi connectivity index (χ4n) is 2.31. The van der Waals surface area contributed by atoms with Crippen LogP contribution in [0.2, 0.25) is 0 Å². The van der Waals surface area contributed by atoms with Crippen molar-refractivity contribution < 1.29 is 4.39 Å². The van der Waals surface area contributed by atoms with Crippen LogP contribution in [0, 0.1) is 17.1 Å². The molecule has 1 aliphatic heterocycles. The number of hydrogen-bond acceptors (Lipinski definition) is 2. The first-order valence-electron chi connectivity index (χ1n) is 5.85. The summed E-state index contributed by atoms with van der Waals surface area (Å²) in [6.45, 7) is 4.43. The minimum Gasteiger partial charge on any atom is -0.356 e. The minimum atomic E-state index is -0.375. The number of halogens is 1. The van der Waals surface area contributed by atoms with Gasteiger partial charge in [0, 0.05) is 12.7 Å². The number of aliphatic imine (C=N–C) groups is 1. The van der Waals surface area contributed by atoms with Crippen LogP contribution in [-0.4, -0.2) is 17.8 Å². The predicted molar refractivity (Wildman–Crippen MR) is 68.5 cm³/mol. The van der Waals surface area contributed by atoms with E-state index in [0.29, 0.717) is 5.56 Å². The van der Waals surface area contributed by atoms with Gasteiger partial charge in [-0.05, 0) is 30.5 Å². The Morgan fingerprint density at radius 3 is 3.11 bits per heavy atom. The van der Waals surface area contributed by atoms with Gasteiger partial charge in [0.05, 0.1) is 24.0 Å². The molecule has 2 rings (SSSR count). The van der Waals surface area contributed by atoms with Crippen molar-refractivity contribution in [1.29, 1.82) is 5.26 Å². The number of nitriles is 1. The smallest absolute Gasteiger partial charge is 0.124 e. The van der Waals surface area contributed by atoms with Gasteiger partial charge in [0.1, 0.15) is 5.82 Å². The Bertz CT molecular complexity index is 516. The van der Waals surface area contributed by atoms with Crippen molar-refractivity contribution in [2.24, 2.45) is 4.99 Å². The monoisotopic (exact) mass is 243 g/mol. The molecule has 0 N–H and O–H groups in total. The molecule has 0 saturated carbocycles. The predicted octanol–water partition coefficient (Wildman–Crippen LogP) is 3.01. The zero-order chi connectivity index (χ0) is 13.0. The lowest BCUT2D eigenvalue weighted by Gasteiger charge is -2.23. The topological polar surface area (TPSA) is 39.4 Å². The largest absolute Gasteiger partial charge is 0.356 e. The van der Waals surface area contributed by atoms with E-state index in [1.165, 1.54) is 18.3 Å². The van der Waals surface area contributed by atoms with E-state index in [4.69, 9.17) is 5.26 Å². The Kier molecular flexibility index (Phi) is 3.73. The maximum atomic E-state index is 13.1. The van der Waals surface area contributed by atoms with Gasteiger partial charge in [0.25, 0.3) is 0 Å². The van der Waals surface area contributed by atoms with E-state index < -0.39 is 0 Å². The highest BCUT2D eigenvalue weighted by Crippen LogP contribution is 2.32. The molecule has 0 bridgehead atoms. The summed E-state index contributed by atoms with van der Waals surface area (Å²) in [6, 6.07) is 6.54. The molecule has 92 valence electrons. The van der Waals surface area contributed by atoms with Crippen molar-refractivity contribution in [3.8, 4) is 6.07 Å². The highest BCUT2D eigenvalue weighted by molar-refractivity contribution is 5.58. The van der Waals surface area contributed by atoms with Crippen LogP contribution in [0.1, 0.15) is 30.0 Å². The molecule has 3 nitrogen and oxygen atoms in total. The summed E-state index contributed by atoms with van der Waals surface area (Å²) in [5, 5.41) is 9.08. The second-order valence-corrected chi connectivity index (χ2v) is 4.19. The highest BCUT2D eigenvalue weighted by atomic mass is 19.1. The van der Waals surface area contributed by atoms with Gasteiger partial charge in [-0.15, -0.1) is 0 Å². The molecule has 0 radical (unpaired) electrons. The Balaban J connectivity index is 2.33. The van der Waals surface area contributed by atoms with E-state index in [2.05, 4.69) is 22.5 Å². The summed E-state index contributed by atoms with van der Waals surface area (Å²) in [4.78, 5) is 6.08. The lowest BCUT2D eigenvalue weighted by molar-refractivity contribution is 0.411. The summed E-state index contributed by atoms with van der Waals surface area (Å²) < 4.78 is 13.1. The van der Waals surface area contributed by atoms with E-state index in [1.807, 2.05) is 0 Å². The van der Waals surface area contributed by atoms with E-state index in [9.17, 15) is 4.39 Å². The molecule has 1 unspecified atom stereocenters. The number of likely N-dealkylation sites (tertiary alicyclic amines) is 1. The lowest BCUT2D eigenvalue weighted by Crippen LogP contribution is -2.22. The van der Waals surface area contributed by atoms with Crippen molar-refractivity contribution in [3.63, 3.8) is 0 Å². The second-order valence-electron chi connectivity index (χ2n) is 4.19. The van der Waals surface area contributed by atoms with Crippen LogP contribution in [-0.2, 0) is 0 Å². The van der Waals surface area contributed by atoms with Gasteiger partial charge in [0.15, 0.2) is 0 Å². The third-order valence-electron chi connectivity index (χ3n) is 3.11. The van der Waals surface area contributed by atoms with Gasteiger partial charge >= 0.3 is 0 Å². The average Bonchev–Trinajstić information content (AvgIpc) is 2.84. The molecule has 1 aromatic rings. The van der Waals surface area contributed by atoms with Crippen molar-refractivity contribution in [2.45, 2.75) is 18.9 Å². The van der Waals surface area contributed by atoms with Crippen LogP contribution >= 0.6 is 0 Å². The molecule has 1 atom stereocenters. The van der Waals surface area contributed by atoms with Crippen LogP contribution < -0.4 is 0 Å². The fourth-order valence-corrected chi connectivity index (χ4v) is 2.31. The lowest BCUT2D eigenvalue weighted by atomic mass is 9.99. The molecule has 1 saturated heterocycles. The molecule has 1 aromatic carbocycles. The summed E-state index contributed by atoms with van der Waals surface area (Å²) in [6.07, 6.45) is 5.19. The zero-order valence-electron chi connectivity index (χ0n) is 10.0. The number of hydrogen-bond donors (Lipinski definition) is 0. The average molecular weight is 243 g/mol. The molecular formula is C14H14FN3. The molecule has 0 amide bonds. The standard InChI is InChI=1S/C14H14FN3/c1-2-17-10-18-7-3-4-14(18)13-6-5-12(15)8-11(13)9-16/h2,5-6,8,10,14H,1,3-4,7H2. The van der Waals surface area contributed by atoms with Crippen LogP contribution in [0.3, 0.4) is 0 Å². The Labute approximate surface area is 106 Å². The van der Waals surface area contributed by atoms with Crippen molar-refractivity contribution in [2.75, 3.05) is 6.54 Å². The normalized spacial score (nSPS) is 19.1. The zero-order valence-corrected chi connectivity index (χ0v) is 10.0. The Morgan fingerprint density at radius 2 is 2.39 bits per heavy atom. The van der Waals surface area contributed by atoms with Crippen molar-refractivity contribution in [3.05, 3.63) is 47.9 Å². The molecule has 4 heteroatoms. The quantitative estimate of drug-likeness (QED) is 0.604. The van der Waals surface area contributed by atoms with Gasteiger partial charge in [-0.1, -0.05) is 12.6 Å². The van der Waals surface area contributed by atoms with E-state index in [0.717, 1.165) is 24.9 Å².